The van der Waals surface area contributed by atoms with Crippen LogP contribution in [0, 0.1) is 59.2 Å². The van der Waals surface area contributed by atoms with E-state index in [1.54, 1.807) is 0 Å². The Labute approximate surface area is 107 Å². The average Bonchev–Trinajstić information content (AvgIpc) is 3.01. The third-order valence-corrected chi connectivity index (χ3v) is 8.06. The van der Waals surface area contributed by atoms with Gasteiger partial charge in [-0.15, -0.1) is 0 Å². The molecule has 6 rings (SSSR count). The van der Waals surface area contributed by atoms with E-state index in [0.717, 1.165) is 36.5 Å². The molecular formula is C16H18O2. The zero-order valence-electron chi connectivity index (χ0n) is 10.4. The number of carbonyl (C=O) groups is 2. The lowest BCUT2D eigenvalue weighted by molar-refractivity contribution is -0.122. The fourth-order valence-corrected chi connectivity index (χ4v) is 8.21. The summed E-state index contributed by atoms with van der Waals surface area (Å²) in [6, 6.07) is 0. The van der Waals surface area contributed by atoms with Gasteiger partial charge >= 0.3 is 0 Å². The van der Waals surface area contributed by atoms with Gasteiger partial charge in [0.05, 0.1) is 0 Å². The SMILES string of the molecule is O=C1C[C@H]2[C@H]3CC(=O)[C@H]4[C@H]3C3C5[C@@H](CC[C@@H]54)[C@@H]1[C@@H]32. The normalized spacial score (nSPS) is 69.6. The van der Waals surface area contributed by atoms with Crippen molar-refractivity contribution < 1.29 is 9.59 Å². The van der Waals surface area contributed by atoms with Crippen molar-refractivity contribution in [1.82, 2.24) is 0 Å². The zero-order chi connectivity index (χ0) is 11.8. The lowest BCUT2D eigenvalue weighted by Gasteiger charge is -2.18. The van der Waals surface area contributed by atoms with E-state index in [-0.39, 0.29) is 0 Å². The van der Waals surface area contributed by atoms with Gasteiger partial charge in [0.1, 0.15) is 11.6 Å². The molecule has 2 unspecified atom stereocenters. The molecule has 0 aromatic rings. The number of rotatable bonds is 0. The van der Waals surface area contributed by atoms with E-state index in [4.69, 9.17) is 0 Å². The summed E-state index contributed by atoms with van der Waals surface area (Å²) in [6.07, 6.45) is 4.18. The van der Waals surface area contributed by atoms with Gasteiger partial charge in [0.15, 0.2) is 0 Å². The van der Waals surface area contributed by atoms with Crippen molar-refractivity contribution in [2.45, 2.75) is 25.7 Å². The van der Waals surface area contributed by atoms with Crippen molar-refractivity contribution in [2.24, 2.45) is 59.2 Å². The summed E-state index contributed by atoms with van der Waals surface area (Å²) >= 11 is 0. The average molecular weight is 242 g/mol. The van der Waals surface area contributed by atoms with E-state index in [9.17, 15) is 9.59 Å². The van der Waals surface area contributed by atoms with Gasteiger partial charge in [0, 0.05) is 24.7 Å². The van der Waals surface area contributed by atoms with Crippen LogP contribution >= 0.6 is 0 Å². The van der Waals surface area contributed by atoms with Crippen molar-refractivity contribution in [1.29, 1.82) is 0 Å². The van der Waals surface area contributed by atoms with E-state index in [1.165, 1.54) is 12.8 Å². The Kier molecular flexibility index (Phi) is 1.28. The number of hydrogen-bond donors (Lipinski definition) is 0. The predicted molar refractivity (Wildman–Crippen MR) is 63.4 cm³/mol. The number of ketones is 2. The molecule has 0 radical (unpaired) electrons. The minimum atomic E-state index is 0.441. The van der Waals surface area contributed by atoms with E-state index < -0.39 is 0 Å². The molecule has 6 saturated carbocycles. The van der Waals surface area contributed by atoms with Crippen LogP contribution in [-0.4, -0.2) is 11.6 Å². The van der Waals surface area contributed by atoms with Crippen LogP contribution in [0.4, 0.5) is 0 Å². The summed E-state index contributed by atoms with van der Waals surface area (Å²) in [7, 11) is 0. The largest absolute Gasteiger partial charge is 0.299 e. The summed E-state index contributed by atoms with van der Waals surface area (Å²) in [5, 5.41) is 0. The molecule has 0 N–H and O–H groups in total. The first-order chi connectivity index (χ1) is 8.77. The van der Waals surface area contributed by atoms with Crippen molar-refractivity contribution >= 4 is 11.6 Å². The highest BCUT2D eigenvalue weighted by atomic mass is 16.1. The number of Topliss-reactive ketones (excluding diaryl/α,β-unsaturated/α-hetero) is 2. The number of fused-ring (bicyclic) bond motifs is 3. The molecule has 0 aromatic heterocycles. The van der Waals surface area contributed by atoms with Crippen molar-refractivity contribution in [3.8, 4) is 0 Å². The molecule has 2 heteroatoms. The van der Waals surface area contributed by atoms with Crippen LogP contribution in [0.1, 0.15) is 25.7 Å². The minimum absolute atomic E-state index is 0.441. The highest BCUT2D eigenvalue weighted by Crippen LogP contribution is 2.78. The molecule has 0 amide bonds. The van der Waals surface area contributed by atoms with Crippen LogP contribution < -0.4 is 0 Å². The van der Waals surface area contributed by atoms with Gasteiger partial charge in [0.2, 0.25) is 0 Å². The van der Waals surface area contributed by atoms with Crippen LogP contribution in [0.3, 0.4) is 0 Å². The molecule has 2 nitrogen and oxygen atoms in total. The van der Waals surface area contributed by atoms with Crippen LogP contribution in [0.2, 0.25) is 0 Å². The number of hydrogen-bond acceptors (Lipinski definition) is 2. The third kappa shape index (κ3) is 0.675. The molecule has 0 heterocycles. The fourth-order valence-electron chi connectivity index (χ4n) is 8.21. The lowest BCUT2D eigenvalue weighted by atomic mass is 9.84. The maximum absolute atomic E-state index is 12.4. The highest BCUT2D eigenvalue weighted by molar-refractivity contribution is 5.89. The predicted octanol–water partition coefficient (Wildman–Crippen LogP) is 1.93. The van der Waals surface area contributed by atoms with Gasteiger partial charge < -0.3 is 0 Å². The monoisotopic (exact) mass is 242 g/mol. The summed E-state index contributed by atoms with van der Waals surface area (Å²) < 4.78 is 0. The van der Waals surface area contributed by atoms with Gasteiger partial charge in [0.25, 0.3) is 0 Å². The third-order valence-electron chi connectivity index (χ3n) is 8.06. The van der Waals surface area contributed by atoms with Gasteiger partial charge in [-0.3, -0.25) is 9.59 Å². The van der Waals surface area contributed by atoms with Gasteiger partial charge in [-0.2, -0.15) is 0 Å². The molecule has 0 aromatic carbocycles. The van der Waals surface area contributed by atoms with Gasteiger partial charge in [-0.1, -0.05) is 0 Å². The Morgan fingerprint density at radius 2 is 1.11 bits per heavy atom. The van der Waals surface area contributed by atoms with E-state index >= 15 is 0 Å². The summed E-state index contributed by atoms with van der Waals surface area (Å²) in [5.41, 5.74) is 0. The Morgan fingerprint density at radius 1 is 0.611 bits per heavy atom. The molecule has 0 aliphatic heterocycles. The Hall–Kier alpha value is -0.660. The second-order valence-corrected chi connectivity index (χ2v) is 7.93. The molecule has 10 atom stereocenters. The molecule has 6 aliphatic rings. The van der Waals surface area contributed by atoms with Crippen LogP contribution in [0.5, 0.6) is 0 Å². The maximum Gasteiger partial charge on any atom is 0.136 e. The van der Waals surface area contributed by atoms with E-state index in [2.05, 4.69) is 0 Å². The molecular weight excluding hydrogens is 224 g/mol. The molecule has 0 bridgehead atoms. The summed E-state index contributed by atoms with van der Waals surface area (Å²) in [6.45, 7) is 0. The first kappa shape index (κ1) is 9.28. The summed E-state index contributed by atoms with van der Waals surface area (Å²) in [4.78, 5) is 24.8. The van der Waals surface area contributed by atoms with Gasteiger partial charge in [-0.05, 0) is 60.2 Å². The van der Waals surface area contributed by atoms with Crippen molar-refractivity contribution in [2.75, 3.05) is 0 Å². The minimum Gasteiger partial charge on any atom is -0.299 e. The van der Waals surface area contributed by atoms with Crippen LogP contribution in [0.15, 0.2) is 0 Å². The molecule has 0 saturated heterocycles. The highest BCUT2D eigenvalue weighted by Gasteiger charge is 2.77. The lowest BCUT2D eigenvalue weighted by Crippen LogP contribution is -2.22. The van der Waals surface area contributed by atoms with E-state index in [0.29, 0.717) is 47.1 Å². The molecule has 0 spiro atoms. The molecule has 6 fully saturated rings. The number of carbonyl (C=O) groups excluding carboxylic acids is 2. The van der Waals surface area contributed by atoms with Gasteiger partial charge in [-0.25, -0.2) is 0 Å². The molecule has 6 aliphatic carbocycles. The first-order valence-corrected chi connectivity index (χ1v) is 7.83. The smallest absolute Gasteiger partial charge is 0.136 e. The van der Waals surface area contributed by atoms with Crippen molar-refractivity contribution in [3.05, 3.63) is 0 Å². The maximum atomic E-state index is 12.4. The van der Waals surface area contributed by atoms with Crippen LogP contribution in [0.25, 0.3) is 0 Å². The Bertz CT molecular complexity index is 465. The second-order valence-electron chi connectivity index (χ2n) is 7.93. The van der Waals surface area contributed by atoms with Crippen molar-refractivity contribution in [3.63, 3.8) is 0 Å². The zero-order valence-corrected chi connectivity index (χ0v) is 10.4. The Morgan fingerprint density at radius 3 is 1.61 bits per heavy atom. The molecule has 18 heavy (non-hydrogen) atoms. The Balaban J connectivity index is 1.63. The molecule has 94 valence electrons. The fraction of sp³-hybridized carbons (Fsp3) is 0.875. The van der Waals surface area contributed by atoms with E-state index in [1.807, 2.05) is 0 Å². The van der Waals surface area contributed by atoms with Crippen LogP contribution in [-0.2, 0) is 9.59 Å². The quantitative estimate of drug-likeness (QED) is 0.650. The standard InChI is InChI=1S/C16H18O2/c17-9-3-7-8-4-10(18)13-6-2-1-5-11(6)16(15(8)13)14(7)12(5)9/h5-8,11-16H,1-4H2/t5-,6+,7+,8-,11?,12-,13-,14-,15-,16?/m0/s1. The second kappa shape index (κ2) is 2.48. The summed E-state index contributed by atoms with van der Waals surface area (Å²) in [5.74, 6) is 7.72. The first-order valence-electron chi connectivity index (χ1n) is 7.83. The topological polar surface area (TPSA) is 34.1 Å².